The minimum Gasteiger partial charge on any atom is -0.550 e. The average molecular weight is 154 g/mol. The molecule has 0 aliphatic carbocycles. The monoisotopic (exact) mass is 154 g/mol. The first kappa shape index (κ1) is 12.1. The van der Waals surface area contributed by atoms with Gasteiger partial charge in [-0.15, -0.1) is 0 Å². The summed E-state index contributed by atoms with van der Waals surface area (Å²) in [6, 6.07) is 0. The van der Waals surface area contributed by atoms with Crippen molar-refractivity contribution in [3.63, 3.8) is 0 Å². The Hall–Kier alpha value is -0.624. The summed E-state index contributed by atoms with van der Waals surface area (Å²) in [6.07, 6.45) is -1.12. The molecule has 0 aromatic heterocycles. The molecule has 0 saturated heterocycles. The molecule has 0 spiro atoms. The Morgan fingerprint density at radius 2 is 1.50 bits per heavy atom. The zero-order chi connectivity index (χ0) is 7.44. The number of carboxylic acids is 2. The van der Waals surface area contributed by atoms with Gasteiger partial charge in [0, 0.05) is 5.97 Å². The van der Waals surface area contributed by atoms with Gasteiger partial charge in [-0.3, -0.25) is 4.79 Å². The maximum absolute atomic E-state index is 9.87. The Kier molecular flexibility index (Phi) is 6.27. The van der Waals surface area contributed by atoms with E-state index in [1.807, 2.05) is 0 Å². The number of aliphatic carboxylic acids is 2. The van der Waals surface area contributed by atoms with E-state index in [1.165, 1.54) is 0 Å². The van der Waals surface area contributed by atoms with Crippen molar-refractivity contribution in [1.82, 2.24) is 0 Å². The van der Waals surface area contributed by atoms with Crippen LogP contribution in [0, 0.1) is 0 Å². The van der Waals surface area contributed by atoms with Crippen molar-refractivity contribution in [3.05, 3.63) is 0 Å². The number of hydrogen-bond donors (Lipinski definition) is 0. The summed E-state index contributed by atoms with van der Waals surface area (Å²) in [6.45, 7) is 0. The molecule has 0 aliphatic heterocycles. The molecule has 0 N–H and O–H groups in total. The van der Waals surface area contributed by atoms with Crippen LogP contribution < -0.4 is 10.2 Å². The van der Waals surface area contributed by atoms with Gasteiger partial charge >= 0.3 is 23.1 Å². The van der Waals surface area contributed by atoms with Crippen LogP contribution >= 0.6 is 0 Å². The van der Waals surface area contributed by atoms with Gasteiger partial charge in [-0.2, -0.15) is 0 Å². The molecular weight excluding hydrogens is 152 g/mol. The van der Waals surface area contributed by atoms with Crippen molar-refractivity contribution in [1.29, 1.82) is 0 Å². The van der Waals surface area contributed by atoms with Gasteiger partial charge in [0.2, 0.25) is 0 Å². The number of carbonyl (C=O) groups excluding carboxylic acids is 3. The number of carboxylic acid groups (broad SMARTS) is 2. The van der Waals surface area contributed by atoms with E-state index in [2.05, 4.69) is 0 Å². The Labute approximate surface area is 72.2 Å². The van der Waals surface area contributed by atoms with E-state index in [0.29, 0.717) is 0 Å². The summed E-state index contributed by atoms with van der Waals surface area (Å²) in [5, 5.41) is 19.0. The van der Waals surface area contributed by atoms with Gasteiger partial charge in [0.25, 0.3) is 0 Å². The molecule has 0 amide bonds. The smallest absolute Gasteiger partial charge is 0.550 e. The number of rotatable bonds is 3. The fraction of sp³-hybridized carbons (Fsp3) is 0.250. The van der Waals surface area contributed by atoms with Crippen LogP contribution in [0.5, 0.6) is 0 Å². The van der Waals surface area contributed by atoms with Gasteiger partial charge in [0.05, 0.1) is 6.42 Å². The predicted octanol–water partition coefficient (Wildman–Crippen LogP) is -3.94. The fourth-order valence-corrected chi connectivity index (χ4v) is 0.203. The SMILES string of the molecule is O=C([O-])CC(=O)C(=O)[O-].[Mg+2]. The standard InChI is InChI=1S/C4H4O5.Mg/c5-2(4(8)9)1-3(6)7;/h1H2,(H,6,7)(H,8,9);/q;+2/p-2. The van der Waals surface area contributed by atoms with E-state index < -0.39 is 24.1 Å². The molecule has 0 fully saturated rings. The molecule has 0 rings (SSSR count). The molecule has 0 saturated carbocycles. The van der Waals surface area contributed by atoms with Crippen molar-refractivity contribution >= 4 is 40.8 Å². The zero-order valence-corrected chi connectivity index (χ0v) is 6.37. The van der Waals surface area contributed by atoms with Crippen molar-refractivity contribution in [2.75, 3.05) is 0 Å². The minimum absolute atomic E-state index is 0. The van der Waals surface area contributed by atoms with E-state index in [1.54, 1.807) is 0 Å². The first-order valence-electron chi connectivity index (χ1n) is 1.98. The summed E-state index contributed by atoms with van der Waals surface area (Å²) in [5.74, 6) is -5.20. The zero-order valence-electron chi connectivity index (χ0n) is 4.96. The van der Waals surface area contributed by atoms with Crippen LogP contribution in [0.3, 0.4) is 0 Å². The molecule has 0 bridgehead atoms. The third-order valence-electron chi connectivity index (χ3n) is 0.533. The Bertz CT molecular complexity index is 163. The normalized spacial score (nSPS) is 7.60. The fourth-order valence-electron chi connectivity index (χ4n) is 0.203. The second-order valence-electron chi connectivity index (χ2n) is 1.26. The van der Waals surface area contributed by atoms with Crippen molar-refractivity contribution in [2.45, 2.75) is 6.42 Å². The first-order chi connectivity index (χ1) is 4.04. The van der Waals surface area contributed by atoms with Crippen molar-refractivity contribution in [3.8, 4) is 0 Å². The second kappa shape index (κ2) is 5.18. The molecule has 0 radical (unpaired) electrons. The second-order valence-corrected chi connectivity index (χ2v) is 1.26. The summed E-state index contributed by atoms with van der Waals surface area (Å²) in [4.78, 5) is 28.8. The molecule has 0 unspecified atom stereocenters. The maximum atomic E-state index is 9.87. The van der Waals surface area contributed by atoms with Gasteiger partial charge < -0.3 is 19.8 Å². The molecule has 10 heavy (non-hydrogen) atoms. The number of carbonyl (C=O) groups is 3. The Balaban J connectivity index is 0. The number of ketones is 1. The van der Waals surface area contributed by atoms with Crippen LogP contribution in [-0.2, 0) is 14.4 Å². The van der Waals surface area contributed by atoms with E-state index >= 15 is 0 Å². The van der Waals surface area contributed by atoms with Crippen molar-refractivity contribution in [2.24, 2.45) is 0 Å². The van der Waals surface area contributed by atoms with Crippen LogP contribution in [0.4, 0.5) is 0 Å². The van der Waals surface area contributed by atoms with E-state index in [9.17, 15) is 24.6 Å². The molecule has 0 aliphatic rings. The van der Waals surface area contributed by atoms with Crippen LogP contribution in [0.1, 0.15) is 6.42 Å². The molecular formula is C4H2MgO5. The number of hydrogen-bond acceptors (Lipinski definition) is 5. The summed E-state index contributed by atoms with van der Waals surface area (Å²) in [5.41, 5.74) is 0. The van der Waals surface area contributed by atoms with Gasteiger partial charge in [0.15, 0.2) is 5.78 Å². The summed E-state index contributed by atoms with van der Waals surface area (Å²) < 4.78 is 0. The molecule has 50 valence electrons. The molecule has 0 aromatic rings. The molecule has 0 heterocycles. The van der Waals surface area contributed by atoms with Gasteiger partial charge in [-0.1, -0.05) is 0 Å². The summed E-state index contributed by atoms with van der Waals surface area (Å²) in [7, 11) is 0. The average Bonchev–Trinajstić information content (AvgIpc) is 1.63. The third kappa shape index (κ3) is 5.51. The molecule has 6 heteroatoms. The molecule has 0 atom stereocenters. The number of Topliss-reactive ketones (excluding diaryl/α,β-unsaturated/α-hetero) is 1. The predicted molar refractivity (Wildman–Crippen MR) is 25.4 cm³/mol. The Morgan fingerprint density at radius 1 is 1.10 bits per heavy atom. The maximum Gasteiger partial charge on any atom is 2.00 e. The minimum atomic E-state index is -2.00. The van der Waals surface area contributed by atoms with Crippen LogP contribution in [0.25, 0.3) is 0 Å². The van der Waals surface area contributed by atoms with Gasteiger partial charge in [-0.05, 0) is 0 Å². The van der Waals surface area contributed by atoms with E-state index in [0.717, 1.165) is 0 Å². The Morgan fingerprint density at radius 3 is 1.60 bits per heavy atom. The topological polar surface area (TPSA) is 97.3 Å². The van der Waals surface area contributed by atoms with E-state index in [4.69, 9.17) is 0 Å². The quantitative estimate of drug-likeness (QED) is 0.235. The van der Waals surface area contributed by atoms with Crippen molar-refractivity contribution < 1.29 is 24.6 Å². The van der Waals surface area contributed by atoms with Crippen LogP contribution in [-0.4, -0.2) is 40.8 Å². The summed E-state index contributed by atoms with van der Waals surface area (Å²) >= 11 is 0. The largest absolute Gasteiger partial charge is 2.00 e. The molecule has 5 nitrogen and oxygen atoms in total. The first-order valence-corrected chi connectivity index (χ1v) is 1.98. The van der Waals surface area contributed by atoms with Gasteiger partial charge in [-0.25, -0.2) is 0 Å². The molecule has 0 aromatic carbocycles. The van der Waals surface area contributed by atoms with Crippen LogP contribution in [0.15, 0.2) is 0 Å². The van der Waals surface area contributed by atoms with Crippen LogP contribution in [0.2, 0.25) is 0 Å². The van der Waals surface area contributed by atoms with Gasteiger partial charge in [0.1, 0.15) is 5.97 Å². The third-order valence-corrected chi connectivity index (χ3v) is 0.533. The van der Waals surface area contributed by atoms with E-state index in [-0.39, 0.29) is 23.1 Å².